The Morgan fingerprint density at radius 2 is 2.16 bits per heavy atom. The molecule has 104 valence electrons. The van der Waals surface area contributed by atoms with Gasteiger partial charge in [-0.1, -0.05) is 26.3 Å². The zero-order valence-corrected chi connectivity index (χ0v) is 11.7. The number of rotatable bonds is 3. The second kappa shape index (κ2) is 5.19. The molecule has 2 rings (SSSR count). The van der Waals surface area contributed by atoms with Crippen LogP contribution in [-0.4, -0.2) is 19.0 Å². The summed E-state index contributed by atoms with van der Waals surface area (Å²) in [6.07, 6.45) is 3.23. The van der Waals surface area contributed by atoms with Gasteiger partial charge in [0.1, 0.15) is 5.82 Å². The summed E-state index contributed by atoms with van der Waals surface area (Å²) >= 11 is 0. The first kappa shape index (κ1) is 13.8. The molecular weight excluding hydrogens is 243 g/mol. The summed E-state index contributed by atoms with van der Waals surface area (Å²) in [6.45, 7) is 4.32. The predicted octanol–water partition coefficient (Wildman–Crippen LogP) is 3.18. The summed E-state index contributed by atoms with van der Waals surface area (Å²) in [5.41, 5.74) is 0.740. The second-order valence-electron chi connectivity index (χ2n) is 5.82. The number of halogens is 1. The van der Waals surface area contributed by atoms with Crippen LogP contribution in [0.2, 0.25) is 0 Å². The molecule has 0 spiro atoms. The highest BCUT2D eigenvalue weighted by atomic mass is 19.1. The average molecular weight is 264 g/mol. The molecule has 2 N–H and O–H groups in total. The molecule has 0 bridgehead atoms. The molecule has 0 saturated heterocycles. The van der Waals surface area contributed by atoms with Crippen LogP contribution in [0.1, 0.15) is 43.5 Å². The molecule has 1 aliphatic carbocycles. The normalized spacial score (nSPS) is 21.2. The highest BCUT2D eigenvalue weighted by molar-refractivity contribution is 5.99. The van der Waals surface area contributed by atoms with Crippen LogP contribution in [0.15, 0.2) is 18.2 Å². The van der Waals surface area contributed by atoms with Crippen molar-refractivity contribution in [3.05, 3.63) is 29.6 Å². The lowest BCUT2D eigenvalue weighted by atomic mass is 9.87. The Morgan fingerprint density at radius 1 is 1.42 bits per heavy atom. The molecule has 1 aromatic rings. The van der Waals surface area contributed by atoms with Gasteiger partial charge in [-0.15, -0.1) is 0 Å². The Balaban J connectivity index is 2.19. The van der Waals surface area contributed by atoms with Crippen molar-refractivity contribution >= 4 is 11.6 Å². The SMILES string of the molecule is CNc1c(F)cccc1C(=O)NC1CCCC1(C)C. The van der Waals surface area contributed by atoms with Gasteiger partial charge in [0, 0.05) is 13.1 Å². The third kappa shape index (κ3) is 2.72. The van der Waals surface area contributed by atoms with Gasteiger partial charge in [0.2, 0.25) is 0 Å². The molecule has 1 aliphatic rings. The minimum atomic E-state index is -0.402. The summed E-state index contributed by atoms with van der Waals surface area (Å²) in [6, 6.07) is 4.71. The zero-order chi connectivity index (χ0) is 14.0. The van der Waals surface area contributed by atoms with Crippen LogP contribution in [0, 0.1) is 11.2 Å². The molecule has 0 aromatic heterocycles. The second-order valence-corrected chi connectivity index (χ2v) is 5.82. The highest BCUT2D eigenvalue weighted by Crippen LogP contribution is 2.37. The summed E-state index contributed by atoms with van der Waals surface area (Å²) in [7, 11) is 1.62. The van der Waals surface area contributed by atoms with Crippen LogP contribution in [0.3, 0.4) is 0 Å². The maximum atomic E-state index is 13.6. The van der Waals surface area contributed by atoms with Crippen LogP contribution < -0.4 is 10.6 Å². The van der Waals surface area contributed by atoms with Crippen LogP contribution in [0.5, 0.6) is 0 Å². The number of benzene rings is 1. The number of hydrogen-bond acceptors (Lipinski definition) is 2. The molecular formula is C15H21FN2O. The largest absolute Gasteiger partial charge is 0.385 e. The number of carbonyl (C=O) groups is 1. The molecule has 1 amide bonds. The van der Waals surface area contributed by atoms with Gasteiger partial charge >= 0.3 is 0 Å². The third-order valence-electron chi connectivity index (χ3n) is 4.07. The lowest BCUT2D eigenvalue weighted by Gasteiger charge is -2.28. The molecule has 0 aliphatic heterocycles. The smallest absolute Gasteiger partial charge is 0.253 e. The lowest BCUT2D eigenvalue weighted by molar-refractivity contribution is 0.0910. The van der Waals surface area contributed by atoms with Crippen LogP contribution in [0.4, 0.5) is 10.1 Å². The number of amides is 1. The van der Waals surface area contributed by atoms with E-state index in [0.29, 0.717) is 5.56 Å². The van der Waals surface area contributed by atoms with Crippen molar-refractivity contribution in [2.24, 2.45) is 5.41 Å². The number of anilines is 1. The van der Waals surface area contributed by atoms with Gasteiger partial charge in [0.05, 0.1) is 11.3 Å². The molecule has 19 heavy (non-hydrogen) atoms. The molecule has 4 heteroatoms. The van der Waals surface area contributed by atoms with E-state index in [1.807, 2.05) is 0 Å². The molecule has 1 aromatic carbocycles. The van der Waals surface area contributed by atoms with Gasteiger partial charge in [-0.25, -0.2) is 4.39 Å². The summed E-state index contributed by atoms with van der Waals surface area (Å²) < 4.78 is 13.6. The molecule has 3 nitrogen and oxygen atoms in total. The van der Waals surface area contributed by atoms with Gasteiger partial charge in [-0.2, -0.15) is 0 Å². The van der Waals surface area contributed by atoms with Crippen LogP contribution in [0.25, 0.3) is 0 Å². The molecule has 0 heterocycles. The first-order valence-electron chi connectivity index (χ1n) is 6.73. The van der Waals surface area contributed by atoms with Crippen molar-refractivity contribution < 1.29 is 9.18 Å². The number of carbonyl (C=O) groups excluding carboxylic acids is 1. The van der Waals surface area contributed by atoms with E-state index >= 15 is 0 Å². The van der Waals surface area contributed by atoms with E-state index in [9.17, 15) is 9.18 Å². The Morgan fingerprint density at radius 3 is 2.74 bits per heavy atom. The van der Waals surface area contributed by atoms with Crippen LogP contribution >= 0.6 is 0 Å². The summed E-state index contributed by atoms with van der Waals surface area (Å²) in [5, 5.41) is 5.80. The van der Waals surface area contributed by atoms with Gasteiger partial charge in [0.15, 0.2) is 0 Å². The quantitative estimate of drug-likeness (QED) is 0.880. The van der Waals surface area contributed by atoms with Gasteiger partial charge < -0.3 is 10.6 Å². The van der Waals surface area contributed by atoms with E-state index in [1.54, 1.807) is 19.2 Å². The number of hydrogen-bond donors (Lipinski definition) is 2. The Hall–Kier alpha value is -1.58. The minimum absolute atomic E-state index is 0.114. The first-order chi connectivity index (χ1) is 8.95. The molecule has 1 saturated carbocycles. The lowest BCUT2D eigenvalue weighted by Crippen LogP contribution is -2.41. The standard InChI is InChI=1S/C15H21FN2O/c1-15(2)9-5-8-12(15)18-14(19)10-6-4-7-11(16)13(10)17-3/h4,6-7,12,17H,5,8-9H2,1-3H3,(H,18,19). The Kier molecular flexibility index (Phi) is 3.78. The maximum absolute atomic E-state index is 13.6. The fourth-order valence-corrected chi connectivity index (χ4v) is 2.80. The summed E-state index contributed by atoms with van der Waals surface area (Å²) in [5.74, 6) is -0.607. The van der Waals surface area contributed by atoms with Crippen LogP contribution in [-0.2, 0) is 0 Å². The predicted molar refractivity (Wildman–Crippen MR) is 74.8 cm³/mol. The van der Waals surface area contributed by atoms with Crippen molar-refractivity contribution in [3.8, 4) is 0 Å². The molecule has 0 radical (unpaired) electrons. The highest BCUT2D eigenvalue weighted by Gasteiger charge is 2.35. The van der Waals surface area contributed by atoms with Crippen molar-refractivity contribution in [3.63, 3.8) is 0 Å². The minimum Gasteiger partial charge on any atom is -0.385 e. The van der Waals surface area contributed by atoms with Crippen molar-refractivity contribution in [2.75, 3.05) is 12.4 Å². The Bertz CT molecular complexity index is 485. The van der Waals surface area contributed by atoms with E-state index in [1.165, 1.54) is 6.07 Å². The van der Waals surface area contributed by atoms with E-state index < -0.39 is 5.82 Å². The van der Waals surface area contributed by atoms with Gasteiger partial charge in [-0.3, -0.25) is 4.79 Å². The van der Waals surface area contributed by atoms with Gasteiger partial charge in [0.25, 0.3) is 5.91 Å². The van der Waals surface area contributed by atoms with Crippen molar-refractivity contribution in [2.45, 2.75) is 39.2 Å². The Labute approximate surface area is 113 Å². The topological polar surface area (TPSA) is 41.1 Å². The van der Waals surface area contributed by atoms with E-state index in [0.717, 1.165) is 19.3 Å². The molecule has 1 fully saturated rings. The monoisotopic (exact) mass is 264 g/mol. The molecule has 1 unspecified atom stereocenters. The summed E-state index contributed by atoms with van der Waals surface area (Å²) in [4.78, 5) is 12.3. The average Bonchev–Trinajstić information content (AvgIpc) is 2.68. The maximum Gasteiger partial charge on any atom is 0.253 e. The van der Waals surface area contributed by atoms with E-state index in [2.05, 4.69) is 24.5 Å². The number of nitrogens with one attached hydrogen (secondary N) is 2. The van der Waals surface area contributed by atoms with Crippen molar-refractivity contribution in [1.29, 1.82) is 0 Å². The first-order valence-corrected chi connectivity index (χ1v) is 6.73. The fourth-order valence-electron chi connectivity index (χ4n) is 2.80. The fraction of sp³-hybridized carbons (Fsp3) is 0.533. The van der Waals surface area contributed by atoms with E-state index in [4.69, 9.17) is 0 Å². The third-order valence-corrected chi connectivity index (χ3v) is 4.07. The van der Waals surface area contributed by atoms with Crippen molar-refractivity contribution in [1.82, 2.24) is 5.32 Å². The molecule has 1 atom stereocenters. The zero-order valence-electron chi connectivity index (χ0n) is 11.7. The van der Waals surface area contributed by atoms with E-state index in [-0.39, 0.29) is 23.1 Å². The van der Waals surface area contributed by atoms with Gasteiger partial charge in [-0.05, 0) is 30.4 Å². The number of para-hydroxylation sites is 1.